The van der Waals surface area contributed by atoms with Crippen molar-refractivity contribution < 1.29 is 9.53 Å². The summed E-state index contributed by atoms with van der Waals surface area (Å²) in [6, 6.07) is 1.57. The van der Waals surface area contributed by atoms with E-state index >= 15 is 0 Å². The molecule has 0 spiro atoms. The lowest BCUT2D eigenvalue weighted by molar-refractivity contribution is 0.0602. The van der Waals surface area contributed by atoms with Crippen LogP contribution < -0.4 is 11.1 Å². The van der Waals surface area contributed by atoms with Crippen LogP contribution in [0.25, 0.3) is 0 Å². The van der Waals surface area contributed by atoms with E-state index in [2.05, 4.69) is 22.0 Å². The van der Waals surface area contributed by atoms with Gasteiger partial charge in [-0.15, -0.1) is 0 Å². The van der Waals surface area contributed by atoms with E-state index in [9.17, 15) is 4.79 Å². The maximum atomic E-state index is 11.5. The number of esters is 1. The van der Waals surface area contributed by atoms with Crippen molar-refractivity contribution in [3.63, 3.8) is 0 Å². The van der Waals surface area contributed by atoms with Gasteiger partial charge in [-0.1, -0.05) is 13.3 Å². The van der Waals surface area contributed by atoms with Crippen LogP contribution in [0.4, 0.5) is 11.5 Å². The van der Waals surface area contributed by atoms with Gasteiger partial charge in [0.15, 0.2) is 0 Å². The highest BCUT2D eigenvalue weighted by Gasteiger charge is 2.21. The zero-order valence-corrected chi connectivity index (χ0v) is 11.5. The number of nitrogens with zero attached hydrogens (tertiary/aromatic N) is 1. The molecule has 0 saturated heterocycles. The first-order valence-electron chi connectivity index (χ1n) is 6.68. The van der Waals surface area contributed by atoms with Crippen molar-refractivity contribution in [2.24, 2.45) is 11.8 Å². The molecule has 0 radical (unpaired) electrons. The molecule has 2 rings (SSSR count). The molecule has 5 nitrogen and oxygen atoms in total. The summed E-state index contributed by atoms with van der Waals surface area (Å²) < 4.78 is 4.69. The maximum absolute atomic E-state index is 11.5. The molecule has 1 aromatic rings. The SMILES string of the molecule is COC(=O)c1ccnc(NCC2CCC(C)C2)c1N. The predicted molar refractivity (Wildman–Crippen MR) is 75.0 cm³/mol. The lowest BCUT2D eigenvalue weighted by Crippen LogP contribution is -2.15. The second-order valence-corrected chi connectivity index (χ2v) is 5.28. The third-order valence-electron chi connectivity index (χ3n) is 3.76. The van der Waals surface area contributed by atoms with Crippen LogP contribution in [0.5, 0.6) is 0 Å². The number of hydrogen-bond acceptors (Lipinski definition) is 5. The highest BCUT2D eigenvalue weighted by Crippen LogP contribution is 2.31. The summed E-state index contributed by atoms with van der Waals surface area (Å²) in [5.41, 5.74) is 6.67. The molecule has 2 atom stereocenters. The lowest BCUT2D eigenvalue weighted by atomic mass is 10.1. The highest BCUT2D eigenvalue weighted by atomic mass is 16.5. The Balaban J connectivity index is 2.02. The lowest BCUT2D eigenvalue weighted by Gasteiger charge is -2.14. The summed E-state index contributed by atoms with van der Waals surface area (Å²) in [6.45, 7) is 3.14. The van der Waals surface area contributed by atoms with Crippen LogP contribution in [0.2, 0.25) is 0 Å². The van der Waals surface area contributed by atoms with E-state index in [-0.39, 0.29) is 0 Å². The number of rotatable bonds is 4. The second-order valence-electron chi connectivity index (χ2n) is 5.28. The summed E-state index contributed by atoms with van der Waals surface area (Å²) in [4.78, 5) is 15.7. The Hall–Kier alpha value is -1.78. The first-order valence-corrected chi connectivity index (χ1v) is 6.68. The molecule has 1 aliphatic rings. The molecule has 0 aromatic carbocycles. The minimum atomic E-state index is -0.433. The van der Waals surface area contributed by atoms with E-state index in [0.717, 1.165) is 12.5 Å². The zero-order chi connectivity index (χ0) is 13.8. The monoisotopic (exact) mass is 263 g/mol. The van der Waals surface area contributed by atoms with Crippen LogP contribution in [0.15, 0.2) is 12.3 Å². The number of nitrogen functional groups attached to an aromatic ring is 1. The molecule has 1 heterocycles. The van der Waals surface area contributed by atoms with Gasteiger partial charge in [0.2, 0.25) is 0 Å². The number of nitrogens with one attached hydrogen (secondary N) is 1. The van der Waals surface area contributed by atoms with Crippen molar-refractivity contribution in [3.05, 3.63) is 17.8 Å². The number of methoxy groups -OCH3 is 1. The number of nitrogens with two attached hydrogens (primary N) is 1. The summed E-state index contributed by atoms with van der Waals surface area (Å²) in [5, 5.41) is 3.25. The minimum Gasteiger partial charge on any atom is -0.465 e. The van der Waals surface area contributed by atoms with E-state index in [0.29, 0.717) is 23.0 Å². The molecule has 0 bridgehead atoms. The summed E-state index contributed by atoms with van der Waals surface area (Å²) in [5.74, 6) is 1.61. The van der Waals surface area contributed by atoms with Crippen molar-refractivity contribution in [3.8, 4) is 0 Å². The number of hydrogen-bond donors (Lipinski definition) is 2. The average Bonchev–Trinajstić information content (AvgIpc) is 2.82. The third-order valence-corrected chi connectivity index (χ3v) is 3.76. The predicted octanol–water partition coefficient (Wildman–Crippen LogP) is 2.30. The number of carbonyl (C=O) groups is 1. The molecule has 1 saturated carbocycles. The fraction of sp³-hybridized carbons (Fsp3) is 0.571. The smallest absolute Gasteiger partial charge is 0.340 e. The molecule has 0 amide bonds. The van der Waals surface area contributed by atoms with Gasteiger partial charge in [0.1, 0.15) is 5.82 Å². The van der Waals surface area contributed by atoms with Gasteiger partial charge < -0.3 is 15.8 Å². The molecule has 2 unspecified atom stereocenters. The van der Waals surface area contributed by atoms with Crippen LogP contribution in [0.3, 0.4) is 0 Å². The van der Waals surface area contributed by atoms with Crippen molar-refractivity contribution in [2.75, 3.05) is 24.7 Å². The quantitative estimate of drug-likeness (QED) is 0.815. The van der Waals surface area contributed by atoms with E-state index in [1.807, 2.05) is 0 Å². The van der Waals surface area contributed by atoms with Crippen molar-refractivity contribution in [1.82, 2.24) is 4.98 Å². The van der Waals surface area contributed by atoms with Gasteiger partial charge in [-0.25, -0.2) is 9.78 Å². The number of aromatic nitrogens is 1. The molecule has 3 N–H and O–H groups in total. The number of pyridine rings is 1. The molecule has 5 heteroatoms. The average molecular weight is 263 g/mol. The topological polar surface area (TPSA) is 77.2 Å². The summed E-state index contributed by atoms with van der Waals surface area (Å²) in [6.07, 6.45) is 5.34. The van der Waals surface area contributed by atoms with Crippen LogP contribution in [0, 0.1) is 11.8 Å². The molecule has 0 aliphatic heterocycles. The van der Waals surface area contributed by atoms with Crippen molar-refractivity contribution >= 4 is 17.5 Å². The van der Waals surface area contributed by atoms with Crippen LogP contribution in [0.1, 0.15) is 36.5 Å². The Morgan fingerprint density at radius 3 is 3.00 bits per heavy atom. The van der Waals surface area contributed by atoms with Gasteiger partial charge in [0.05, 0.1) is 18.4 Å². The van der Waals surface area contributed by atoms with E-state index in [1.165, 1.54) is 26.4 Å². The fourth-order valence-corrected chi connectivity index (χ4v) is 2.65. The first-order chi connectivity index (χ1) is 9.11. The summed E-state index contributed by atoms with van der Waals surface area (Å²) in [7, 11) is 1.34. The molecular formula is C14H21N3O2. The normalized spacial score (nSPS) is 22.2. The minimum absolute atomic E-state index is 0.361. The van der Waals surface area contributed by atoms with Gasteiger partial charge in [-0.05, 0) is 30.7 Å². The Kier molecular flexibility index (Phi) is 4.24. The Labute approximate surface area is 113 Å². The Morgan fingerprint density at radius 1 is 1.58 bits per heavy atom. The van der Waals surface area contributed by atoms with Crippen LogP contribution in [-0.4, -0.2) is 24.6 Å². The highest BCUT2D eigenvalue weighted by molar-refractivity contribution is 5.97. The van der Waals surface area contributed by atoms with Gasteiger partial charge in [-0.3, -0.25) is 0 Å². The van der Waals surface area contributed by atoms with E-state index in [1.54, 1.807) is 12.3 Å². The van der Waals surface area contributed by atoms with Gasteiger partial charge in [0, 0.05) is 12.7 Å². The molecule has 1 aliphatic carbocycles. The number of anilines is 2. The molecule has 1 aromatic heterocycles. The van der Waals surface area contributed by atoms with E-state index in [4.69, 9.17) is 5.73 Å². The Bertz CT molecular complexity index is 462. The largest absolute Gasteiger partial charge is 0.465 e. The summed E-state index contributed by atoms with van der Waals surface area (Å²) >= 11 is 0. The fourth-order valence-electron chi connectivity index (χ4n) is 2.65. The number of carbonyl (C=O) groups excluding carboxylic acids is 1. The third kappa shape index (κ3) is 3.16. The molecular weight excluding hydrogens is 242 g/mol. The standard InChI is InChI=1S/C14H21N3O2/c1-9-3-4-10(7-9)8-17-13-12(15)11(5-6-16-13)14(18)19-2/h5-6,9-10H,3-4,7-8,15H2,1-2H3,(H,16,17). The van der Waals surface area contributed by atoms with Gasteiger partial charge in [0.25, 0.3) is 0 Å². The van der Waals surface area contributed by atoms with Crippen LogP contribution in [-0.2, 0) is 4.74 Å². The van der Waals surface area contributed by atoms with Crippen molar-refractivity contribution in [2.45, 2.75) is 26.2 Å². The maximum Gasteiger partial charge on any atom is 0.340 e. The van der Waals surface area contributed by atoms with Crippen LogP contribution >= 0.6 is 0 Å². The first kappa shape index (κ1) is 13.6. The second kappa shape index (κ2) is 5.91. The van der Waals surface area contributed by atoms with Gasteiger partial charge >= 0.3 is 5.97 Å². The molecule has 104 valence electrons. The Morgan fingerprint density at radius 2 is 2.37 bits per heavy atom. The van der Waals surface area contributed by atoms with Crippen molar-refractivity contribution in [1.29, 1.82) is 0 Å². The zero-order valence-electron chi connectivity index (χ0n) is 11.5. The van der Waals surface area contributed by atoms with E-state index < -0.39 is 5.97 Å². The van der Waals surface area contributed by atoms with Gasteiger partial charge in [-0.2, -0.15) is 0 Å². The number of ether oxygens (including phenoxy) is 1. The molecule has 19 heavy (non-hydrogen) atoms. The molecule has 1 fully saturated rings.